The molecular weight excluding hydrogens is 226 g/mol. The summed E-state index contributed by atoms with van der Waals surface area (Å²) in [4.78, 5) is 0. The van der Waals surface area contributed by atoms with Crippen molar-refractivity contribution in [3.05, 3.63) is 54.1 Å². The van der Waals surface area contributed by atoms with Crippen molar-refractivity contribution in [1.82, 2.24) is 15.0 Å². The van der Waals surface area contributed by atoms with E-state index in [2.05, 4.69) is 10.3 Å². The maximum Gasteiger partial charge on any atom is 0.124 e. The maximum absolute atomic E-state index is 7.60. The monoisotopic (exact) mass is 237 g/mol. The summed E-state index contributed by atoms with van der Waals surface area (Å²) in [6, 6.07) is 15.1. The number of para-hydroxylation sites is 2. The lowest BCUT2D eigenvalue weighted by atomic mass is 10.1. The highest BCUT2D eigenvalue weighted by atomic mass is 15.4. The molecular formula is C13H11N5. The van der Waals surface area contributed by atoms with Gasteiger partial charge in [-0.15, -0.1) is 5.10 Å². The van der Waals surface area contributed by atoms with Gasteiger partial charge in [-0.3, -0.25) is 5.41 Å². The van der Waals surface area contributed by atoms with Crippen LogP contribution in [0.25, 0.3) is 16.7 Å². The second-order valence-electron chi connectivity index (χ2n) is 3.92. The molecule has 0 atom stereocenters. The molecule has 88 valence electrons. The predicted molar refractivity (Wildman–Crippen MR) is 69.9 cm³/mol. The van der Waals surface area contributed by atoms with Gasteiger partial charge in [0.25, 0.3) is 0 Å². The Bertz CT molecular complexity index is 729. The van der Waals surface area contributed by atoms with E-state index in [0.29, 0.717) is 5.56 Å². The molecule has 1 aromatic heterocycles. The summed E-state index contributed by atoms with van der Waals surface area (Å²) in [7, 11) is 0. The van der Waals surface area contributed by atoms with Crippen molar-refractivity contribution in [2.45, 2.75) is 0 Å². The number of nitrogens with zero attached hydrogens (tertiary/aromatic N) is 3. The van der Waals surface area contributed by atoms with Crippen LogP contribution in [0.3, 0.4) is 0 Å². The molecule has 5 heteroatoms. The number of hydrogen-bond donors (Lipinski definition) is 2. The van der Waals surface area contributed by atoms with E-state index in [1.54, 1.807) is 10.7 Å². The van der Waals surface area contributed by atoms with Gasteiger partial charge in [0.05, 0.1) is 11.2 Å². The van der Waals surface area contributed by atoms with E-state index in [9.17, 15) is 0 Å². The minimum absolute atomic E-state index is 0.0187. The summed E-state index contributed by atoms with van der Waals surface area (Å²) in [6.45, 7) is 0. The Labute approximate surface area is 103 Å². The van der Waals surface area contributed by atoms with Gasteiger partial charge in [0.1, 0.15) is 11.4 Å². The minimum Gasteiger partial charge on any atom is -0.384 e. The molecule has 18 heavy (non-hydrogen) atoms. The Morgan fingerprint density at radius 2 is 1.78 bits per heavy atom. The fourth-order valence-corrected chi connectivity index (χ4v) is 1.93. The minimum atomic E-state index is 0.0187. The quantitative estimate of drug-likeness (QED) is 0.526. The molecule has 0 aliphatic carbocycles. The van der Waals surface area contributed by atoms with Crippen molar-refractivity contribution in [3.63, 3.8) is 0 Å². The summed E-state index contributed by atoms with van der Waals surface area (Å²) < 4.78 is 1.70. The van der Waals surface area contributed by atoms with E-state index >= 15 is 0 Å². The molecule has 0 unspecified atom stereocenters. The van der Waals surface area contributed by atoms with Gasteiger partial charge in [-0.2, -0.15) is 0 Å². The molecule has 0 amide bonds. The molecule has 0 radical (unpaired) electrons. The molecule has 0 aliphatic rings. The Hall–Kier alpha value is -2.69. The molecule has 0 aliphatic heterocycles. The number of aromatic nitrogens is 3. The van der Waals surface area contributed by atoms with Crippen LogP contribution in [-0.4, -0.2) is 20.8 Å². The Morgan fingerprint density at radius 3 is 2.61 bits per heavy atom. The molecule has 1 heterocycles. The SMILES string of the molecule is N=C(N)c1ccccc1-n1nnc2ccccc21. The lowest BCUT2D eigenvalue weighted by Gasteiger charge is -2.07. The predicted octanol–water partition coefficient (Wildman–Crippen LogP) is 1.70. The van der Waals surface area contributed by atoms with Crippen molar-refractivity contribution in [2.24, 2.45) is 5.73 Å². The number of amidine groups is 1. The van der Waals surface area contributed by atoms with Gasteiger partial charge in [0, 0.05) is 5.56 Å². The molecule has 2 aromatic carbocycles. The van der Waals surface area contributed by atoms with Gasteiger partial charge in [0.15, 0.2) is 0 Å². The van der Waals surface area contributed by atoms with Gasteiger partial charge in [-0.1, -0.05) is 29.5 Å². The zero-order valence-electron chi connectivity index (χ0n) is 9.54. The van der Waals surface area contributed by atoms with Crippen LogP contribution in [0, 0.1) is 5.41 Å². The largest absolute Gasteiger partial charge is 0.384 e. The first-order valence-corrected chi connectivity index (χ1v) is 5.51. The van der Waals surface area contributed by atoms with Gasteiger partial charge in [-0.05, 0) is 24.3 Å². The number of benzene rings is 2. The molecule has 0 bridgehead atoms. The van der Waals surface area contributed by atoms with Crippen molar-refractivity contribution in [1.29, 1.82) is 5.41 Å². The van der Waals surface area contributed by atoms with Gasteiger partial charge in [0.2, 0.25) is 0 Å². The molecule has 3 N–H and O–H groups in total. The Morgan fingerprint density at radius 1 is 1.06 bits per heavy atom. The normalized spacial score (nSPS) is 10.7. The molecule has 0 saturated heterocycles. The van der Waals surface area contributed by atoms with E-state index in [-0.39, 0.29) is 5.84 Å². The first-order chi connectivity index (χ1) is 8.77. The van der Waals surface area contributed by atoms with Crippen LogP contribution < -0.4 is 5.73 Å². The van der Waals surface area contributed by atoms with E-state index in [1.165, 1.54) is 0 Å². The average molecular weight is 237 g/mol. The fourth-order valence-electron chi connectivity index (χ4n) is 1.93. The first kappa shape index (κ1) is 10.5. The van der Waals surface area contributed by atoms with Crippen molar-refractivity contribution >= 4 is 16.9 Å². The average Bonchev–Trinajstić information content (AvgIpc) is 2.82. The van der Waals surface area contributed by atoms with Crippen LogP contribution in [-0.2, 0) is 0 Å². The number of rotatable bonds is 2. The van der Waals surface area contributed by atoms with Crippen LogP contribution in [0.5, 0.6) is 0 Å². The molecule has 3 rings (SSSR count). The lowest BCUT2D eigenvalue weighted by Crippen LogP contribution is -2.15. The molecule has 3 aromatic rings. The third kappa shape index (κ3) is 1.53. The summed E-state index contributed by atoms with van der Waals surface area (Å²) >= 11 is 0. The number of nitrogens with two attached hydrogens (primary N) is 1. The molecule has 0 fully saturated rings. The van der Waals surface area contributed by atoms with Crippen LogP contribution in [0.1, 0.15) is 5.56 Å². The van der Waals surface area contributed by atoms with E-state index in [1.807, 2.05) is 42.5 Å². The van der Waals surface area contributed by atoms with E-state index in [4.69, 9.17) is 11.1 Å². The molecule has 0 saturated carbocycles. The third-order valence-electron chi connectivity index (χ3n) is 2.77. The summed E-state index contributed by atoms with van der Waals surface area (Å²) in [6.07, 6.45) is 0. The number of hydrogen-bond acceptors (Lipinski definition) is 3. The Kier molecular flexibility index (Phi) is 2.30. The van der Waals surface area contributed by atoms with Gasteiger partial charge in [-0.25, -0.2) is 4.68 Å². The zero-order chi connectivity index (χ0) is 12.5. The smallest absolute Gasteiger partial charge is 0.124 e. The third-order valence-corrected chi connectivity index (χ3v) is 2.77. The summed E-state index contributed by atoms with van der Waals surface area (Å²) in [5, 5.41) is 15.8. The zero-order valence-corrected chi connectivity index (χ0v) is 9.54. The number of fused-ring (bicyclic) bond motifs is 1. The highest BCUT2D eigenvalue weighted by Gasteiger charge is 2.10. The highest BCUT2D eigenvalue weighted by Crippen LogP contribution is 2.18. The first-order valence-electron chi connectivity index (χ1n) is 5.51. The maximum atomic E-state index is 7.60. The van der Waals surface area contributed by atoms with Crippen LogP contribution in [0.15, 0.2) is 48.5 Å². The van der Waals surface area contributed by atoms with E-state index < -0.39 is 0 Å². The van der Waals surface area contributed by atoms with Gasteiger partial charge >= 0.3 is 0 Å². The topological polar surface area (TPSA) is 80.6 Å². The van der Waals surface area contributed by atoms with Gasteiger partial charge < -0.3 is 5.73 Å². The summed E-state index contributed by atoms with van der Waals surface area (Å²) in [5.74, 6) is 0.0187. The second kappa shape index (κ2) is 3.96. The standard InChI is InChI=1S/C13H11N5/c14-13(15)9-5-1-3-7-11(9)18-12-8-4-2-6-10(12)16-17-18/h1-8H,(H3,14,15). The summed E-state index contributed by atoms with van der Waals surface area (Å²) in [5.41, 5.74) is 8.71. The van der Waals surface area contributed by atoms with Crippen molar-refractivity contribution in [2.75, 3.05) is 0 Å². The van der Waals surface area contributed by atoms with Crippen LogP contribution in [0.4, 0.5) is 0 Å². The van der Waals surface area contributed by atoms with Crippen molar-refractivity contribution < 1.29 is 0 Å². The highest BCUT2D eigenvalue weighted by molar-refractivity contribution is 5.99. The Balaban J connectivity index is 2.30. The number of nitrogens with one attached hydrogen (secondary N) is 1. The van der Waals surface area contributed by atoms with Crippen LogP contribution in [0.2, 0.25) is 0 Å². The number of nitrogen functional groups attached to an aromatic ring is 1. The van der Waals surface area contributed by atoms with E-state index in [0.717, 1.165) is 16.7 Å². The second-order valence-corrected chi connectivity index (χ2v) is 3.92. The van der Waals surface area contributed by atoms with Crippen molar-refractivity contribution in [3.8, 4) is 5.69 Å². The van der Waals surface area contributed by atoms with Crippen LogP contribution >= 0.6 is 0 Å². The lowest BCUT2D eigenvalue weighted by molar-refractivity contribution is 0.822. The molecule has 0 spiro atoms. The molecule has 5 nitrogen and oxygen atoms in total. The fraction of sp³-hybridized carbons (Fsp3) is 0.